The van der Waals surface area contributed by atoms with Gasteiger partial charge < -0.3 is 0 Å². The van der Waals surface area contributed by atoms with Gasteiger partial charge in [-0.15, -0.1) is 0 Å². The Balaban J connectivity index is 3.90. The summed E-state index contributed by atoms with van der Waals surface area (Å²) in [5, 5.41) is 4.56. The summed E-state index contributed by atoms with van der Waals surface area (Å²) in [6, 6.07) is 0. The standard InChI is InChI=1S/C13H26O4/c1-6-9-10-11(7-2)12(14)15-17-16-13(4,5)8-3/h11H,6-10H2,1-5H3. The van der Waals surface area contributed by atoms with Gasteiger partial charge >= 0.3 is 5.97 Å². The largest absolute Gasteiger partial charge is 0.348 e. The first-order valence-corrected chi connectivity index (χ1v) is 6.53. The maximum absolute atomic E-state index is 11.6. The highest BCUT2D eigenvalue weighted by Crippen LogP contribution is 2.17. The maximum Gasteiger partial charge on any atom is 0.348 e. The van der Waals surface area contributed by atoms with Crippen molar-refractivity contribution in [2.75, 3.05) is 0 Å². The van der Waals surface area contributed by atoms with E-state index in [0.717, 1.165) is 32.1 Å². The highest BCUT2D eigenvalue weighted by atomic mass is 17.5. The first-order valence-electron chi connectivity index (χ1n) is 6.53. The quantitative estimate of drug-likeness (QED) is 0.458. The zero-order valence-corrected chi connectivity index (χ0v) is 11.7. The zero-order valence-electron chi connectivity index (χ0n) is 11.7. The Morgan fingerprint density at radius 2 is 1.88 bits per heavy atom. The van der Waals surface area contributed by atoms with Crippen molar-refractivity contribution in [3.05, 3.63) is 0 Å². The lowest BCUT2D eigenvalue weighted by Crippen LogP contribution is -2.25. The SMILES string of the molecule is CCCCC(CC)C(=O)OOOC(C)(C)CC. The molecule has 0 saturated carbocycles. The molecular formula is C13H26O4. The fraction of sp³-hybridized carbons (Fsp3) is 0.923. The minimum absolute atomic E-state index is 0.0942. The van der Waals surface area contributed by atoms with E-state index in [-0.39, 0.29) is 11.9 Å². The lowest BCUT2D eigenvalue weighted by molar-refractivity contribution is -0.517. The monoisotopic (exact) mass is 246 g/mol. The van der Waals surface area contributed by atoms with Crippen molar-refractivity contribution >= 4 is 5.97 Å². The second kappa shape index (κ2) is 8.48. The average Bonchev–Trinajstić information content (AvgIpc) is 2.30. The Labute approximate surface area is 104 Å². The van der Waals surface area contributed by atoms with Crippen LogP contribution in [0.3, 0.4) is 0 Å². The molecule has 102 valence electrons. The molecule has 0 aliphatic carbocycles. The first-order chi connectivity index (χ1) is 7.96. The average molecular weight is 246 g/mol. The van der Waals surface area contributed by atoms with Gasteiger partial charge in [-0.3, -0.25) is 4.89 Å². The van der Waals surface area contributed by atoms with Gasteiger partial charge in [0.25, 0.3) is 0 Å². The molecule has 0 saturated heterocycles. The molecule has 1 unspecified atom stereocenters. The van der Waals surface area contributed by atoms with E-state index >= 15 is 0 Å². The maximum atomic E-state index is 11.6. The van der Waals surface area contributed by atoms with Crippen LogP contribution in [0.2, 0.25) is 0 Å². The molecule has 0 amide bonds. The molecule has 0 bridgehead atoms. The smallest absolute Gasteiger partial charge is 0.269 e. The molecule has 0 aromatic heterocycles. The molecular weight excluding hydrogens is 220 g/mol. The Hall–Kier alpha value is -0.610. The minimum Gasteiger partial charge on any atom is -0.269 e. The third-order valence-corrected chi connectivity index (χ3v) is 2.96. The van der Waals surface area contributed by atoms with E-state index < -0.39 is 5.60 Å². The molecule has 0 heterocycles. The van der Waals surface area contributed by atoms with E-state index in [0.29, 0.717) is 0 Å². The number of rotatable bonds is 9. The van der Waals surface area contributed by atoms with Crippen LogP contribution in [-0.2, 0) is 19.6 Å². The van der Waals surface area contributed by atoms with Crippen molar-refractivity contribution in [1.82, 2.24) is 0 Å². The van der Waals surface area contributed by atoms with Crippen molar-refractivity contribution < 1.29 is 19.6 Å². The predicted molar refractivity (Wildman–Crippen MR) is 65.9 cm³/mol. The molecule has 1 atom stereocenters. The fourth-order valence-corrected chi connectivity index (χ4v) is 1.21. The molecule has 4 heteroatoms. The van der Waals surface area contributed by atoms with E-state index in [2.05, 4.69) is 16.8 Å². The van der Waals surface area contributed by atoms with Crippen LogP contribution in [0.4, 0.5) is 0 Å². The van der Waals surface area contributed by atoms with Crippen LogP contribution in [0.25, 0.3) is 0 Å². The Morgan fingerprint density at radius 1 is 1.24 bits per heavy atom. The lowest BCUT2D eigenvalue weighted by atomic mass is 10.00. The summed E-state index contributed by atoms with van der Waals surface area (Å²) in [4.78, 5) is 21.3. The van der Waals surface area contributed by atoms with Crippen LogP contribution in [-0.4, -0.2) is 11.6 Å². The first kappa shape index (κ1) is 16.4. The number of hydrogen-bond acceptors (Lipinski definition) is 4. The summed E-state index contributed by atoms with van der Waals surface area (Å²) in [7, 11) is 0. The van der Waals surface area contributed by atoms with E-state index in [4.69, 9.17) is 4.89 Å². The zero-order chi connectivity index (χ0) is 13.3. The van der Waals surface area contributed by atoms with E-state index in [1.807, 2.05) is 27.7 Å². The highest BCUT2D eigenvalue weighted by molar-refractivity contribution is 5.71. The van der Waals surface area contributed by atoms with Gasteiger partial charge in [-0.25, -0.2) is 4.79 Å². The second-order valence-corrected chi connectivity index (χ2v) is 4.91. The highest BCUT2D eigenvalue weighted by Gasteiger charge is 2.22. The molecule has 0 aliphatic rings. The molecule has 17 heavy (non-hydrogen) atoms. The number of unbranched alkanes of at least 4 members (excludes halogenated alkanes) is 1. The fourth-order valence-electron chi connectivity index (χ4n) is 1.21. The van der Waals surface area contributed by atoms with Gasteiger partial charge in [0.1, 0.15) is 5.60 Å². The molecule has 0 spiro atoms. The number of carbonyl (C=O) groups is 1. The normalized spacial score (nSPS) is 13.5. The lowest BCUT2D eigenvalue weighted by Gasteiger charge is -2.20. The van der Waals surface area contributed by atoms with Crippen molar-refractivity contribution in [2.24, 2.45) is 5.92 Å². The third kappa shape index (κ3) is 7.34. The Morgan fingerprint density at radius 3 is 2.35 bits per heavy atom. The van der Waals surface area contributed by atoms with Crippen LogP contribution < -0.4 is 0 Å². The molecule has 0 N–H and O–H groups in total. The van der Waals surface area contributed by atoms with Crippen molar-refractivity contribution in [1.29, 1.82) is 0 Å². The summed E-state index contributed by atoms with van der Waals surface area (Å²) in [5.74, 6) is -0.434. The summed E-state index contributed by atoms with van der Waals surface area (Å²) in [6.45, 7) is 9.78. The van der Waals surface area contributed by atoms with Crippen LogP contribution in [0.5, 0.6) is 0 Å². The van der Waals surface area contributed by atoms with Crippen molar-refractivity contribution in [3.63, 3.8) is 0 Å². The van der Waals surface area contributed by atoms with Gasteiger partial charge in [0, 0.05) is 0 Å². The van der Waals surface area contributed by atoms with Crippen LogP contribution in [0.1, 0.15) is 66.7 Å². The topological polar surface area (TPSA) is 44.8 Å². The van der Waals surface area contributed by atoms with Crippen LogP contribution >= 0.6 is 0 Å². The molecule has 4 nitrogen and oxygen atoms in total. The molecule has 0 fully saturated rings. The van der Waals surface area contributed by atoms with Gasteiger partial charge in [-0.2, -0.15) is 4.89 Å². The number of carbonyl (C=O) groups excluding carboxylic acids is 1. The predicted octanol–water partition coefficient (Wildman–Crippen LogP) is 3.80. The van der Waals surface area contributed by atoms with Crippen LogP contribution in [0, 0.1) is 5.92 Å². The molecule has 0 aliphatic heterocycles. The summed E-state index contributed by atoms with van der Waals surface area (Å²) in [6.07, 6.45) is 4.47. The second-order valence-electron chi connectivity index (χ2n) is 4.91. The van der Waals surface area contributed by atoms with Gasteiger partial charge in [-0.05, 0) is 38.1 Å². The minimum atomic E-state index is -0.439. The van der Waals surface area contributed by atoms with Gasteiger partial charge in [0.15, 0.2) is 0 Å². The molecule has 0 aromatic rings. The van der Waals surface area contributed by atoms with Crippen molar-refractivity contribution in [3.8, 4) is 0 Å². The summed E-state index contributed by atoms with van der Waals surface area (Å²) in [5.41, 5.74) is -0.439. The van der Waals surface area contributed by atoms with E-state index in [9.17, 15) is 4.79 Å². The Bertz CT molecular complexity index is 213. The number of hydrogen-bond donors (Lipinski definition) is 0. The molecule has 0 aromatic carbocycles. The van der Waals surface area contributed by atoms with Crippen LogP contribution in [0.15, 0.2) is 0 Å². The summed E-state index contributed by atoms with van der Waals surface area (Å²) < 4.78 is 0. The van der Waals surface area contributed by atoms with Gasteiger partial charge in [0.2, 0.25) is 0 Å². The van der Waals surface area contributed by atoms with E-state index in [1.165, 1.54) is 0 Å². The molecule has 0 radical (unpaired) electrons. The Kier molecular flexibility index (Phi) is 8.17. The van der Waals surface area contributed by atoms with Gasteiger partial charge in [-0.1, -0.05) is 33.6 Å². The summed E-state index contributed by atoms with van der Waals surface area (Å²) >= 11 is 0. The molecule has 0 rings (SSSR count). The van der Waals surface area contributed by atoms with Gasteiger partial charge in [0.05, 0.1) is 5.92 Å². The van der Waals surface area contributed by atoms with Crippen molar-refractivity contribution in [2.45, 2.75) is 72.3 Å². The van der Waals surface area contributed by atoms with E-state index in [1.54, 1.807) is 0 Å². The third-order valence-electron chi connectivity index (χ3n) is 2.96.